The molecule has 1 aliphatic heterocycles. The Bertz CT molecular complexity index is 533. The highest BCUT2D eigenvalue weighted by molar-refractivity contribution is 5.45. The number of aliphatic hydroxyl groups is 2. The lowest BCUT2D eigenvalue weighted by atomic mass is 9.96. The van der Waals surface area contributed by atoms with E-state index >= 15 is 0 Å². The molecule has 1 heterocycles. The highest BCUT2D eigenvalue weighted by Crippen LogP contribution is 2.22. The van der Waals surface area contributed by atoms with Crippen molar-refractivity contribution >= 4 is 0 Å². The van der Waals surface area contributed by atoms with Gasteiger partial charge in [-0.1, -0.05) is 18.8 Å². The van der Waals surface area contributed by atoms with Crippen molar-refractivity contribution in [1.29, 1.82) is 0 Å². The topological polar surface area (TPSA) is 52.9 Å². The first-order valence-electron chi connectivity index (χ1n) is 7.31. The van der Waals surface area contributed by atoms with Crippen LogP contribution in [0.4, 0.5) is 0 Å². The van der Waals surface area contributed by atoms with Gasteiger partial charge in [0, 0.05) is 25.2 Å². The number of aliphatic hydroxyl groups excluding tert-OH is 2. The number of benzene rings is 1. The van der Waals surface area contributed by atoms with Gasteiger partial charge in [0.15, 0.2) is 0 Å². The van der Waals surface area contributed by atoms with E-state index in [1.54, 1.807) is 7.11 Å². The van der Waals surface area contributed by atoms with Gasteiger partial charge < -0.3 is 14.9 Å². The molecule has 0 spiro atoms. The monoisotopic (exact) mass is 289 g/mol. The third-order valence-corrected chi connectivity index (χ3v) is 3.95. The zero-order valence-corrected chi connectivity index (χ0v) is 12.7. The Balaban J connectivity index is 2.17. The Morgan fingerprint density at radius 2 is 2.24 bits per heavy atom. The Morgan fingerprint density at radius 3 is 2.90 bits per heavy atom. The number of rotatable bonds is 3. The summed E-state index contributed by atoms with van der Waals surface area (Å²) in [6.07, 6.45) is 0.614. The lowest BCUT2D eigenvalue weighted by Gasteiger charge is -2.34. The first-order chi connectivity index (χ1) is 10.1. The molecule has 2 N–H and O–H groups in total. The van der Waals surface area contributed by atoms with Crippen LogP contribution in [0.2, 0.25) is 0 Å². The van der Waals surface area contributed by atoms with Crippen LogP contribution in [0, 0.1) is 17.8 Å². The molecule has 1 saturated heterocycles. The van der Waals surface area contributed by atoms with Gasteiger partial charge >= 0.3 is 0 Å². The lowest BCUT2D eigenvalue weighted by Crippen LogP contribution is -2.41. The Hall–Kier alpha value is -1.54. The van der Waals surface area contributed by atoms with Crippen LogP contribution in [-0.4, -0.2) is 48.0 Å². The summed E-state index contributed by atoms with van der Waals surface area (Å²) in [5, 5.41) is 18.7. The minimum Gasteiger partial charge on any atom is -0.497 e. The molecule has 114 valence electrons. The largest absolute Gasteiger partial charge is 0.497 e. The average Bonchev–Trinajstić information content (AvgIpc) is 2.49. The fourth-order valence-electron chi connectivity index (χ4n) is 2.69. The number of ether oxygens (including phenoxy) is 1. The van der Waals surface area contributed by atoms with Gasteiger partial charge in [-0.3, -0.25) is 4.90 Å². The Kier molecular flexibility index (Phi) is 5.63. The van der Waals surface area contributed by atoms with Crippen molar-refractivity contribution in [2.75, 3.05) is 26.8 Å². The molecule has 1 aliphatic rings. The van der Waals surface area contributed by atoms with Gasteiger partial charge in [-0.25, -0.2) is 0 Å². The zero-order chi connectivity index (χ0) is 15.2. The van der Waals surface area contributed by atoms with Gasteiger partial charge in [0.25, 0.3) is 0 Å². The predicted molar refractivity (Wildman–Crippen MR) is 82.0 cm³/mol. The molecule has 2 rings (SSSR count). The van der Waals surface area contributed by atoms with Gasteiger partial charge in [0.1, 0.15) is 12.4 Å². The van der Waals surface area contributed by atoms with E-state index in [1.165, 1.54) is 0 Å². The third-order valence-electron chi connectivity index (χ3n) is 3.95. The summed E-state index contributed by atoms with van der Waals surface area (Å²) in [6.45, 7) is 4.48. The van der Waals surface area contributed by atoms with Gasteiger partial charge in [-0.05, 0) is 36.1 Å². The molecule has 4 heteroatoms. The molecule has 0 bridgehead atoms. The molecule has 4 nitrogen and oxygen atoms in total. The quantitative estimate of drug-likeness (QED) is 0.822. The minimum absolute atomic E-state index is 0.140. The Morgan fingerprint density at radius 1 is 1.43 bits per heavy atom. The van der Waals surface area contributed by atoms with E-state index in [-0.39, 0.29) is 18.6 Å². The van der Waals surface area contributed by atoms with Gasteiger partial charge in [-0.15, -0.1) is 0 Å². The SMILES string of the molecule is COc1ccc(C#CCO)c(CN2CCC(O)C(C)C2)c1. The summed E-state index contributed by atoms with van der Waals surface area (Å²) in [6, 6.07) is 5.81. The summed E-state index contributed by atoms with van der Waals surface area (Å²) in [5.41, 5.74) is 2.02. The van der Waals surface area contributed by atoms with Crippen LogP contribution in [0.1, 0.15) is 24.5 Å². The van der Waals surface area contributed by atoms with Crippen LogP contribution in [0.15, 0.2) is 18.2 Å². The maximum absolute atomic E-state index is 9.82. The molecule has 0 radical (unpaired) electrons. The van der Waals surface area contributed by atoms with Crippen molar-refractivity contribution in [3.05, 3.63) is 29.3 Å². The van der Waals surface area contributed by atoms with Crippen LogP contribution in [0.5, 0.6) is 5.75 Å². The standard InChI is InChI=1S/C17H23NO3/c1-13-11-18(8-7-17(13)20)12-15-10-16(21-2)6-5-14(15)4-3-9-19/h5-6,10,13,17,19-20H,7-9,11-12H2,1-2H3. The second-order valence-electron chi connectivity index (χ2n) is 5.55. The van der Waals surface area contributed by atoms with Crippen molar-refractivity contribution in [3.8, 4) is 17.6 Å². The number of hydrogen-bond donors (Lipinski definition) is 2. The summed E-state index contributed by atoms with van der Waals surface area (Å²) >= 11 is 0. The Labute approximate surface area is 126 Å². The smallest absolute Gasteiger partial charge is 0.119 e. The van der Waals surface area contributed by atoms with Crippen molar-refractivity contribution in [3.63, 3.8) is 0 Å². The average molecular weight is 289 g/mol. The van der Waals surface area contributed by atoms with Crippen molar-refractivity contribution < 1.29 is 14.9 Å². The predicted octanol–water partition coefficient (Wildman–Crippen LogP) is 1.24. The van der Waals surface area contributed by atoms with E-state index in [2.05, 4.69) is 23.7 Å². The van der Waals surface area contributed by atoms with E-state index in [0.29, 0.717) is 0 Å². The van der Waals surface area contributed by atoms with Crippen LogP contribution in [0.25, 0.3) is 0 Å². The maximum Gasteiger partial charge on any atom is 0.119 e. The van der Waals surface area contributed by atoms with E-state index in [9.17, 15) is 5.11 Å². The first kappa shape index (κ1) is 15.8. The molecule has 0 aromatic heterocycles. The maximum atomic E-state index is 9.82. The van der Waals surface area contributed by atoms with Crippen LogP contribution in [-0.2, 0) is 6.54 Å². The van der Waals surface area contributed by atoms with E-state index in [4.69, 9.17) is 9.84 Å². The van der Waals surface area contributed by atoms with Gasteiger partial charge in [0.05, 0.1) is 13.2 Å². The van der Waals surface area contributed by atoms with Crippen molar-refractivity contribution in [2.24, 2.45) is 5.92 Å². The van der Waals surface area contributed by atoms with Crippen molar-refractivity contribution in [2.45, 2.75) is 26.0 Å². The molecular weight excluding hydrogens is 266 g/mol. The molecule has 21 heavy (non-hydrogen) atoms. The normalized spacial score (nSPS) is 22.5. The zero-order valence-electron chi connectivity index (χ0n) is 12.7. The second-order valence-corrected chi connectivity index (χ2v) is 5.55. The second kappa shape index (κ2) is 7.46. The molecule has 1 aromatic rings. The van der Waals surface area contributed by atoms with Crippen molar-refractivity contribution in [1.82, 2.24) is 4.90 Å². The highest BCUT2D eigenvalue weighted by atomic mass is 16.5. The molecule has 2 atom stereocenters. The molecule has 0 amide bonds. The van der Waals surface area contributed by atoms with Crippen LogP contribution in [0.3, 0.4) is 0 Å². The molecular formula is C17H23NO3. The van der Waals surface area contributed by atoms with Crippen LogP contribution >= 0.6 is 0 Å². The number of piperidine rings is 1. The number of hydrogen-bond acceptors (Lipinski definition) is 4. The lowest BCUT2D eigenvalue weighted by molar-refractivity contribution is 0.0320. The fourth-order valence-corrected chi connectivity index (χ4v) is 2.69. The third kappa shape index (κ3) is 4.21. The fraction of sp³-hybridized carbons (Fsp3) is 0.529. The first-order valence-corrected chi connectivity index (χ1v) is 7.31. The molecule has 0 aliphatic carbocycles. The summed E-state index contributed by atoms with van der Waals surface area (Å²) < 4.78 is 5.29. The van der Waals surface area contributed by atoms with Gasteiger partial charge in [0.2, 0.25) is 0 Å². The number of methoxy groups -OCH3 is 1. The number of nitrogens with zero attached hydrogens (tertiary/aromatic N) is 1. The van der Waals surface area contributed by atoms with Gasteiger partial charge in [-0.2, -0.15) is 0 Å². The van der Waals surface area contributed by atoms with Crippen LogP contribution < -0.4 is 4.74 Å². The number of likely N-dealkylation sites (tertiary alicyclic amines) is 1. The molecule has 2 unspecified atom stereocenters. The summed E-state index contributed by atoms with van der Waals surface area (Å²) in [7, 11) is 1.65. The van der Waals surface area contributed by atoms with E-state index in [1.807, 2.05) is 18.2 Å². The molecule has 1 aromatic carbocycles. The van der Waals surface area contributed by atoms with E-state index in [0.717, 1.165) is 42.9 Å². The summed E-state index contributed by atoms with van der Waals surface area (Å²) in [4.78, 5) is 2.33. The van der Waals surface area contributed by atoms with E-state index < -0.39 is 0 Å². The minimum atomic E-state index is -0.194. The molecule has 0 saturated carbocycles. The highest BCUT2D eigenvalue weighted by Gasteiger charge is 2.24. The summed E-state index contributed by atoms with van der Waals surface area (Å²) in [5.74, 6) is 6.79. The molecule has 1 fully saturated rings.